The summed E-state index contributed by atoms with van der Waals surface area (Å²) in [5, 5.41) is 0. The average Bonchev–Trinajstić information content (AvgIpc) is 2.53. The third-order valence-corrected chi connectivity index (χ3v) is 4.65. The zero-order chi connectivity index (χ0) is 14.5. The summed E-state index contributed by atoms with van der Waals surface area (Å²) in [6.07, 6.45) is 0. The van der Waals surface area contributed by atoms with Crippen molar-refractivity contribution in [3.05, 3.63) is 17.7 Å². The van der Waals surface area contributed by atoms with Crippen molar-refractivity contribution in [3.8, 4) is 17.2 Å². The third-order valence-electron chi connectivity index (χ3n) is 3.21. The third kappa shape index (κ3) is 3.12. The molecule has 1 aliphatic heterocycles. The normalized spacial score (nSPS) is 14.8. The van der Waals surface area contributed by atoms with E-state index < -0.39 is 0 Å². The van der Waals surface area contributed by atoms with Crippen LogP contribution in [0.15, 0.2) is 12.1 Å². The maximum absolute atomic E-state index is 5.60. The Bertz CT molecular complexity index is 462. The largest absolute Gasteiger partial charge is 0.493 e. The number of hydrogen-bond donors (Lipinski definition) is 0. The Balaban J connectivity index is 2.33. The molecule has 2 rings (SSSR count). The first-order valence-corrected chi connectivity index (χ1v) is 7.94. The van der Waals surface area contributed by atoms with Crippen LogP contribution in [0.3, 0.4) is 0 Å². The molecule has 1 heterocycles. The lowest BCUT2D eigenvalue weighted by Gasteiger charge is -2.29. The molecule has 0 spiro atoms. The van der Waals surface area contributed by atoms with Gasteiger partial charge < -0.3 is 19.1 Å². The van der Waals surface area contributed by atoms with Crippen molar-refractivity contribution in [2.45, 2.75) is 0 Å². The van der Waals surface area contributed by atoms with Gasteiger partial charge in [0.05, 0.1) is 21.3 Å². The molecule has 4 nitrogen and oxygen atoms in total. The van der Waals surface area contributed by atoms with Crippen LogP contribution >= 0.6 is 24.0 Å². The number of thioether (sulfide) groups is 1. The molecule has 1 aromatic rings. The van der Waals surface area contributed by atoms with E-state index in [9.17, 15) is 0 Å². The average molecular weight is 313 g/mol. The fourth-order valence-electron chi connectivity index (χ4n) is 2.15. The number of thiocarbonyl (C=S) groups is 1. The molecular weight excluding hydrogens is 294 g/mol. The molecule has 0 N–H and O–H groups in total. The molecule has 1 fully saturated rings. The first-order chi connectivity index (χ1) is 9.71. The summed E-state index contributed by atoms with van der Waals surface area (Å²) in [5.41, 5.74) is 0.932. The van der Waals surface area contributed by atoms with E-state index in [1.807, 2.05) is 23.9 Å². The van der Waals surface area contributed by atoms with Crippen LogP contribution in [0.25, 0.3) is 0 Å². The van der Waals surface area contributed by atoms with Gasteiger partial charge in [0.25, 0.3) is 0 Å². The predicted molar refractivity (Wildman–Crippen MR) is 86.7 cm³/mol. The van der Waals surface area contributed by atoms with Gasteiger partial charge in [-0.3, -0.25) is 0 Å². The fraction of sp³-hybridized carbons (Fsp3) is 0.500. The van der Waals surface area contributed by atoms with Crippen LogP contribution in [0, 0.1) is 0 Å². The molecule has 1 aliphatic rings. The van der Waals surface area contributed by atoms with E-state index in [1.54, 1.807) is 21.3 Å². The summed E-state index contributed by atoms with van der Waals surface area (Å²) in [7, 11) is 4.82. The lowest BCUT2D eigenvalue weighted by Crippen LogP contribution is -2.37. The summed E-state index contributed by atoms with van der Waals surface area (Å²) in [5.74, 6) is 4.09. The second-order valence-corrected chi connectivity index (χ2v) is 5.93. The van der Waals surface area contributed by atoms with E-state index >= 15 is 0 Å². The molecule has 0 unspecified atom stereocenters. The van der Waals surface area contributed by atoms with Gasteiger partial charge in [0.2, 0.25) is 5.75 Å². The Morgan fingerprint density at radius 2 is 1.60 bits per heavy atom. The minimum absolute atomic E-state index is 0.593. The van der Waals surface area contributed by atoms with Crippen LogP contribution in [-0.4, -0.2) is 55.8 Å². The highest BCUT2D eigenvalue weighted by atomic mass is 32.2. The van der Waals surface area contributed by atoms with E-state index in [2.05, 4.69) is 4.90 Å². The Kier molecular flexibility index (Phi) is 5.37. The predicted octanol–water partition coefficient (Wildman–Crippen LogP) is 2.44. The van der Waals surface area contributed by atoms with E-state index in [4.69, 9.17) is 26.4 Å². The van der Waals surface area contributed by atoms with Crippen molar-refractivity contribution < 1.29 is 14.2 Å². The number of benzene rings is 1. The van der Waals surface area contributed by atoms with Crippen molar-refractivity contribution in [1.82, 2.24) is 4.90 Å². The molecule has 1 aromatic carbocycles. The smallest absolute Gasteiger partial charge is 0.203 e. The van der Waals surface area contributed by atoms with Crippen LogP contribution in [-0.2, 0) is 0 Å². The molecule has 0 aromatic heterocycles. The van der Waals surface area contributed by atoms with Gasteiger partial charge in [-0.05, 0) is 12.1 Å². The zero-order valence-corrected chi connectivity index (χ0v) is 13.6. The van der Waals surface area contributed by atoms with E-state index in [0.717, 1.165) is 35.1 Å². The quantitative estimate of drug-likeness (QED) is 0.794. The van der Waals surface area contributed by atoms with Gasteiger partial charge in [0.1, 0.15) is 4.99 Å². The van der Waals surface area contributed by atoms with E-state index in [1.165, 1.54) is 0 Å². The highest BCUT2D eigenvalue weighted by molar-refractivity contribution is 7.99. The van der Waals surface area contributed by atoms with E-state index in [-0.39, 0.29) is 0 Å². The number of rotatable bonds is 4. The maximum atomic E-state index is 5.60. The molecule has 6 heteroatoms. The number of nitrogens with zero attached hydrogens (tertiary/aromatic N) is 1. The van der Waals surface area contributed by atoms with Crippen LogP contribution in [0.2, 0.25) is 0 Å². The molecule has 20 heavy (non-hydrogen) atoms. The van der Waals surface area contributed by atoms with Crippen molar-refractivity contribution in [2.24, 2.45) is 0 Å². The molecular formula is C14H19NO3S2. The summed E-state index contributed by atoms with van der Waals surface area (Å²) in [4.78, 5) is 3.07. The maximum Gasteiger partial charge on any atom is 0.203 e. The van der Waals surface area contributed by atoms with Crippen LogP contribution in [0.5, 0.6) is 17.2 Å². The molecule has 0 radical (unpaired) electrons. The molecule has 0 atom stereocenters. The standard InChI is InChI=1S/C14H19NO3S2/c1-16-11-8-10(9-12(17-2)13(11)18-3)14(19)15-4-6-20-7-5-15/h8-9H,4-7H2,1-3H3. The number of ether oxygens (including phenoxy) is 3. The SMILES string of the molecule is COc1cc(C(=S)N2CCSCC2)cc(OC)c1OC. The fourth-order valence-corrected chi connectivity index (χ4v) is 3.36. The minimum Gasteiger partial charge on any atom is -0.493 e. The Hall–Kier alpha value is -1.14. The minimum atomic E-state index is 0.593. The van der Waals surface area contributed by atoms with Crippen molar-refractivity contribution >= 4 is 29.0 Å². The van der Waals surface area contributed by atoms with Crippen molar-refractivity contribution in [2.75, 3.05) is 45.9 Å². The highest BCUT2D eigenvalue weighted by Gasteiger charge is 2.19. The lowest BCUT2D eigenvalue weighted by molar-refractivity contribution is 0.324. The number of hydrogen-bond acceptors (Lipinski definition) is 5. The second-order valence-electron chi connectivity index (χ2n) is 4.32. The van der Waals surface area contributed by atoms with Gasteiger partial charge >= 0.3 is 0 Å². The summed E-state index contributed by atoms with van der Waals surface area (Å²) < 4.78 is 16.1. The van der Waals surface area contributed by atoms with Crippen molar-refractivity contribution in [1.29, 1.82) is 0 Å². The molecule has 0 aliphatic carbocycles. The Morgan fingerprint density at radius 3 is 2.05 bits per heavy atom. The van der Waals surface area contributed by atoms with Gasteiger partial charge in [-0.2, -0.15) is 11.8 Å². The number of methoxy groups -OCH3 is 3. The van der Waals surface area contributed by atoms with Gasteiger partial charge in [-0.25, -0.2) is 0 Å². The Labute approximate surface area is 129 Å². The van der Waals surface area contributed by atoms with Gasteiger partial charge in [0, 0.05) is 30.2 Å². The lowest BCUT2D eigenvalue weighted by atomic mass is 10.1. The van der Waals surface area contributed by atoms with E-state index in [0.29, 0.717) is 17.2 Å². The summed E-state index contributed by atoms with van der Waals surface area (Å²) >= 11 is 7.56. The molecule has 110 valence electrons. The first-order valence-electron chi connectivity index (χ1n) is 6.38. The van der Waals surface area contributed by atoms with Gasteiger partial charge in [-0.1, -0.05) is 12.2 Å². The van der Waals surface area contributed by atoms with Crippen LogP contribution < -0.4 is 14.2 Å². The Morgan fingerprint density at radius 1 is 1.05 bits per heavy atom. The molecule has 0 saturated carbocycles. The molecule has 0 bridgehead atoms. The second kappa shape index (κ2) is 7.04. The molecule has 1 saturated heterocycles. The summed E-state index contributed by atoms with van der Waals surface area (Å²) in [6.45, 7) is 1.97. The van der Waals surface area contributed by atoms with Crippen LogP contribution in [0.1, 0.15) is 5.56 Å². The van der Waals surface area contributed by atoms with Gasteiger partial charge in [0.15, 0.2) is 11.5 Å². The van der Waals surface area contributed by atoms with Crippen LogP contribution in [0.4, 0.5) is 0 Å². The summed E-state index contributed by atoms with van der Waals surface area (Å²) in [6, 6.07) is 3.82. The monoisotopic (exact) mass is 313 g/mol. The topological polar surface area (TPSA) is 30.9 Å². The highest BCUT2D eigenvalue weighted by Crippen LogP contribution is 2.38. The van der Waals surface area contributed by atoms with Crippen molar-refractivity contribution in [3.63, 3.8) is 0 Å². The molecule has 0 amide bonds. The zero-order valence-electron chi connectivity index (χ0n) is 12.0. The first kappa shape index (κ1) is 15.3. The van der Waals surface area contributed by atoms with Gasteiger partial charge in [-0.15, -0.1) is 0 Å².